The number of rotatable bonds is 15. The lowest BCUT2D eigenvalue weighted by Gasteiger charge is -2.44. The SMILES string of the molecule is CCOc1ccccc1NC(=O)C1C(=O)CC(C)(O)C(C(=O)Nc2ccccc2OCC)C1c1ccc(OCC(=O)N(CC)CC)c(OC)c1. The Bertz CT molecular complexity index is 1670. The standard InChI is InChI=1S/C38H47N3O9/c1-7-41(8-2)32(43)23-50-30-20-19-24(21-31(30)47-6)33-34(36(44)39-25-15-11-13-17-28(25)48-9-3)27(42)22-38(5,46)35(33)37(45)40-26-16-12-14-18-29(26)49-10-4/h11-21,33-35,46H,7-10,22-23H2,1-6H3,(H,39,44)(H,40,45). The van der Waals surface area contributed by atoms with Crippen LogP contribution < -0.4 is 29.6 Å². The second kappa shape index (κ2) is 17.0. The van der Waals surface area contributed by atoms with E-state index in [1.165, 1.54) is 14.0 Å². The highest BCUT2D eigenvalue weighted by molar-refractivity contribution is 6.11. The van der Waals surface area contributed by atoms with Crippen molar-refractivity contribution in [3.8, 4) is 23.0 Å². The summed E-state index contributed by atoms with van der Waals surface area (Å²) in [5.41, 5.74) is -0.759. The molecule has 0 heterocycles. The topological polar surface area (TPSA) is 153 Å². The predicted octanol–water partition coefficient (Wildman–Crippen LogP) is 5.06. The maximum atomic E-state index is 14.3. The van der Waals surface area contributed by atoms with Crippen molar-refractivity contribution in [2.24, 2.45) is 11.8 Å². The number of carbonyl (C=O) groups is 4. The molecule has 0 bridgehead atoms. The van der Waals surface area contributed by atoms with E-state index in [9.17, 15) is 24.3 Å². The highest BCUT2D eigenvalue weighted by Gasteiger charge is 2.56. The van der Waals surface area contributed by atoms with Gasteiger partial charge in [-0.05, 0) is 76.6 Å². The Hall–Kier alpha value is -5.10. The molecule has 0 saturated heterocycles. The monoisotopic (exact) mass is 689 g/mol. The van der Waals surface area contributed by atoms with E-state index in [4.69, 9.17) is 18.9 Å². The van der Waals surface area contributed by atoms with Crippen LogP contribution in [0.25, 0.3) is 0 Å². The molecule has 3 aromatic carbocycles. The third-order valence-corrected chi connectivity index (χ3v) is 8.76. The first-order valence-electron chi connectivity index (χ1n) is 16.9. The first-order chi connectivity index (χ1) is 24.0. The van der Waals surface area contributed by atoms with Crippen LogP contribution in [0.5, 0.6) is 23.0 Å². The Morgan fingerprint density at radius 1 is 0.800 bits per heavy atom. The number of carbonyl (C=O) groups excluding carboxylic acids is 4. The highest BCUT2D eigenvalue weighted by atomic mass is 16.5. The maximum Gasteiger partial charge on any atom is 0.260 e. The maximum absolute atomic E-state index is 14.3. The number of nitrogens with zero attached hydrogens (tertiary/aromatic N) is 1. The van der Waals surface area contributed by atoms with Gasteiger partial charge in [0.15, 0.2) is 18.1 Å². The summed E-state index contributed by atoms with van der Waals surface area (Å²) in [6, 6.07) is 18.5. The van der Waals surface area contributed by atoms with E-state index in [2.05, 4.69) is 10.6 Å². The van der Waals surface area contributed by atoms with Crippen LogP contribution >= 0.6 is 0 Å². The quantitative estimate of drug-likeness (QED) is 0.186. The largest absolute Gasteiger partial charge is 0.493 e. The molecule has 50 heavy (non-hydrogen) atoms. The van der Waals surface area contributed by atoms with E-state index in [1.54, 1.807) is 71.6 Å². The summed E-state index contributed by atoms with van der Waals surface area (Å²) < 4.78 is 22.9. The first kappa shape index (κ1) is 37.7. The van der Waals surface area contributed by atoms with Crippen molar-refractivity contribution in [2.45, 2.75) is 52.6 Å². The normalized spacial score (nSPS) is 20.0. The molecule has 1 saturated carbocycles. The number of para-hydroxylation sites is 4. The van der Waals surface area contributed by atoms with Gasteiger partial charge >= 0.3 is 0 Å². The average molecular weight is 690 g/mol. The molecule has 12 heteroatoms. The average Bonchev–Trinajstić information content (AvgIpc) is 3.08. The lowest BCUT2D eigenvalue weighted by molar-refractivity contribution is -0.151. The highest BCUT2D eigenvalue weighted by Crippen LogP contribution is 2.48. The predicted molar refractivity (Wildman–Crippen MR) is 189 cm³/mol. The van der Waals surface area contributed by atoms with Crippen molar-refractivity contribution in [1.82, 2.24) is 4.90 Å². The third kappa shape index (κ3) is 8.54. The number of ketones is 1. The zero-order valence-corrected chi connectivity index (χ0v) is 29.5. The van der Waals surface area contributed by atoms with Crippen molar-refractivity contribution < 1.29 is 43.2 Å². The molecule has 3 aromatic rings. The van der Waals surface area contributed by atoms with Gasteiger partial charge in [0.05, 0.1) is 43.2 Å². The van der Waals surface area contributed by atoms with E-state index in [1.807, 2.05) is 27.7 Å². The van der Waals surface area contributed by atoms with E-state index >= 15 is 0 Å². The molecular weight excluding hydrogens is 642 g/mol. The van der Waals surface area contributed by atoms with Crippen LogP contribution in [0.1, 0.15) is 52.5 Å². The van der Waals surface area contributed by atoms with E-state index in [-0.39, 0.29) is 24.0 Å². The molecule has 1 aliphatic rings. The van der Waals surface area contributed by atoms with Crippen molar-refractivity contribution >= 4 is 34.9 Å². The third-order valence-electron chi connectivity index (χ3n) is 8.76. The minimum atomic E-state index is -1.86. The van der Waals surface area contributed by atoms with Gasteiger partial charge in [-0.15, -0.1) is 0 Å². The van der Waals surface area contributed by atoms with Crippen molar-refractivity contribution in [2.75, 3.05) is 50.7 Å². The number of amides is 3. The van der Waals surface area contributed by atoms with Crippen LogP contribution in [-0.4, -0.2) is 79.1 Å². The Morgan fingerprint density at radius 2 is 1.36 bits per heavy atom. The second-order valence-electron chi connectivity index (χ2n) is 12.1. The zero-order chi connectivity index (χ0) is 36.4. The first-order valence-corrected chi connectivity index (χ1v) is 16.9. The minimum absolute atomic E-state index is 0.205. The number of hydrogen-bond donors (Lipinski definition) is 3. The fourth-order valence-electron chi connectivity index (χ4n) is 6.43. The van der Waals surface area contributed by atoms with Gasteiger partial charge in [0.2, 0.25) is 11.8 Å². The van der Waals surface area contributed by atoms with Gasteiger partial charge in [-0.2, -0.15) is 0 Å². The number of hydrogen-bond acceptors (Lipinski definition) is 9. The molecule has 4 rings (SSSR count). The van der Waals surface area contributed by atoms with Gasteiger partial charge in [0.25, 0.3) is 5.91 Å². The molecule has 0 spiro atoms. The molecule has 268 valence electrons. The van der Waals surface area contributed by atoms with Crippen LogP contribution in [-0.2, 0) is 19.2 Å². The van der Waals surface area contributed by atoms with Gasteiger partial charge in [0, 0.05) is 25.4 Å². The molecule has 0 aliphatic heterocycles. The van der Waals surface area contributed by atoms with Gasteiger partial charge in [-0.1, -0.05) is 30.3 Å². The molecule has 4 unspecified atom stereocenters. The zero-order valence-electron chi connectivity index (χ0n) is 29.5. The lowest BCUT2D eigenvalue weighted by Crippen LogP contribution is -2.56. The van der Waals surface area contributed by atoms with Gasteiger partial charge in [-0.3, -0.25) is 19.2 Å². The summed E-state index contributed by atoms with van der Waals surface area (Å²) in [6.45, 7) is 10.3. The van der Waals surface area contributed by atoms with Crippen LogP contribution in [0.3, 0.4) is 0 Å². The number of methoxy groups -OCH3 is 1. The van der Waals surface area contributed by atoms with Gasteiger partial charge in [-0.25, -0.2) is 0 Å². The van der Waals surface area contributed by atoms with Crippen molar-refractivity contribution in [3.63, 3.8) is 0 Å². The minimum Gasteiger partial charge on any atom is -0.493 e. The molecule has 1 aliphatic carbocycles. The van der Waals surface area contributed by atoms with Crippen molar-refractivity contribution in [1.29, 1.82) is 0 Å². The molecule has 4 atom stereocenters. The van der Waals surface area contributed by atoms with Crippen LogP contribution in [0.2, 0.25) is 0 Å². The molecule has 12 nitrogen and oxygen atoms in total. The Morgan fingerprint density at radius 3 is 1.90 bits per heavy atom. The summed E-state index contributed by atoms with van der Waals surface area (Å²) in [5, 5.41) is 17.5. The summed E-state index contributed by atoms with van der Waals surface area (Å²) in [4.78, 5) is 56.7. The number of anilines is 2. The number of nitrogens with one attached hydrogen (secondary N) is 2. The summed E-state index contributed by atoms with van der Waals surface area (Å²) in [5.74, 6) is -4.58. The fraction of sp³-hybridized carbons (Fsp3) is 0.421. The molecule has 3 amide bonds. The summed E-state index contributed by atoms with van der Waals surface area (Å²) >= 11 is 0. The van der Waals surface area contributed by atoms with E-state index in [0.717, 1.165) is 0 Å². The molecule has 0 radical (unpaired) electrons. The Balaban J connectivity index is 1.80. The molecule has 3 N–H and O–H groups in total. The molecule has 1 fully saturated rings. The number of Topliss-reactive ketones (excluding diaryl/α,β-unsaturated/α-hetero) is 1. The van der Waals surface area contributed by atoms with Crippen molar-refractivity contribution in [3.05, 3.63) is 72.3 Å². The van der Waals surface area contributed by atoms with E-state index in [0.29, 0.717) is 54.7 Å². The summed E-state index contributed by atoms with van der Waals surface area (Å²) in [7, 11) is 1.42. The Labute approximate surface area is 293 Å². The van der Waals surface area contributed by atoms with E-state index < -0.39 is 47.4 Å². The van der Waals surface area contributed by atoms with Gasteiger partial charge in [0.1, 0.15) is 23.2 Å². The van der Waals surface area contributed by atoms with Gasteiger partial charge < -0.3 is 39.6 Å². The lowest BCUT2D eigenvalue weighted by atomic mass is 9.61. The number of ether oxygens (including phenoxy) is 4. The number of benzene rings is 3. The smallest absolute Gasteiger partial charge is 0.260 e. The number of likely N-dealkylation sites (N-methyl/N-ethyl adjacent to an activating group) is 1. The molecule has 0 aromatic heterocycles. The summed E-state index contributed by atoms with van der Waals surface area (Å²) in [6.07, 6.45) is -0.453. The van der Waals surface area contributed by atoms with Crippen LogP contribution in [0, 0.1) is 11.8 Å². The Kier molecular flexibility index (Phi) is 12.8. The second-order valence-corrected chi connectivity index (χ2v) is 12.1. The fourth-order valence-corrected chi connectivity index (χ4v) is 6.43. The van der Waals surface area contributed by atoms with Crippen LogP contribution in [0.4, 0.5) is 11.4 Å². The van der Waals surface area contributed by atoms with Crippen LogP contribution in [0.15, 0.2) is 66.7 Å². The molecular formula is C38H47N3O9. The number of aliphatic hydroxyl groups is 1.